The van der Waals surface area contributed by atoms with Gasteiger partial charge in [0, 0.05) is 11.5 Å². The molecule has 7 nitrogen and oxygen atoms in total. The number of halogens is 8. The molecule has 7 rings (SSSR count). The fourth-order valence-corrected chi connectivity index (χ4v) is 8.44. The van der Waals surface area contributed by atoms with Crippen molar-refractivity contribution in [3.05, 3.63) is 101 Å². The normalized spacial score (nSPS) is 30.0. The van der Waals surface area contributed by atoms with Gasteiger partial charge in [0.15, 0.2) is 44.6 Å². The van der Waals surface area contributed by atoms with Crippen LogP contribution in [0.3, 0.4) is 0 Å². The number of phenols is 1. The Balaban J connectivity index is 1.45. The minimum Gasteiger partial charge on any atom is -0.505 e. The highest BCUT2D eigenvalue weighted by Gasteiger charge is 2.77. The predicted octanol–water partition coefficient (Wildman–Crippen LogP) is 5.99. The van der Waals surface area contributed by atoms with Crippen molar-refractivity contribution in [3.63, 3.8) is 0 Å². The lowest BCUT2D eigenvalue weighted by Crippen LogP contribution is -2.60. The molecule has 47 heavy (non-hydrogen) atoms. The Kier molecular flexibility index (Phi) is 6.86. The molecule has 242 valence electrons. The Morgan fingerprint density at radius 2 is 1.34 bits per heavy atom. The molecule has 15 heteroatoms. The molecule has 3 fully saturated rings. The van der Waals surface area contributed by atoms with Crippen molar-refractivity contribution in [1.29, 1.82) is 0 Å². The highest BCUT2D eigenvalue weighted by molar-refractivity contribution is 6.58. The average molecular weight is 695 g/mol. The zero-order valence-electron chi connectivity index (χ0n) is 23.4. The Labute approximate surface area is 271 Å². The smallest absolute Gasteiger partial charge is 0.258 e. The second-order valence-electron chi connectivity index (χ2n) is 11.7. The van der Waals surface area contributed by atoms with E-state index in [0.717, 1.165) is 23.1 Å². The second-order valence-corrected chi connectivity index (χ2v) is 13.0. The summed E-state index contributed by atoms with van der Waals surface area (Å²) in [6.45, 7) is 0. The average Bonchev–Trinajstić information content (AvgIpc) is 3.39. The van der Waals surface area contributed by atoms with Gasteiger partial charge in [0.1, 0.15) is 5.69 Å². The summed E-state index contributed by atoms with van der Waals surface area (Å²) < 4.78 is 87.6. The number of nitrogens with zero attached hydrogens (tertiary/aromatic N) is 2. The first-order chi connectivity index (χ1) is 22.2. The number of rotatable bonds is 3. The summed E-state index contributed by atoms with van der Waals surface area (Å²) >= 11 is 14.0. The second kappa shape index (κ2) is 10.3. The third-order valence-electron chi connectivity index (χ3n) is 9.56. The molecule has 3 aromatic rings. The van der Waals surface area contributed by atoms with Crippen LogP contribution >= 0.6 is 23.2 Å². The number of imide groups is 2. The first kappa shape index (κ1) is 31.3. The lowest BCUT2D eigenvalue weighted by molar-refractivity contribution is -0.125. The molecule has 2 aliphatic heterocycles. The summed E-state index contributed by atoms with van der Waals surface area (Å²) in [4.78, 5) is 50.8. The highest BCUT2D eigenvalue weighted by Crippen LogP contribution is 2.66. The quantitative estimate of drug-likeness (QED) is 0.0908. The van der Waals surface area contributed by atoms with Gasteiger partial charge in [0.2, 0.25) is 17.6 Å². The minimum atomic E-state index is -2.88. The number of aromatic hydroxyl groups is 1. The van der Waals surface area contributed by atoms with Gasteiger partial charge in [-0.25, -0.2) is 31.2 Å². The number of carbonyl (C=O) groups is 4. The van der Waals surface area contributed by atoms with Crippen molar-refractivity contribution < 1.29 is 50.6 Å². The Morgan fingerprint density at radius 3 is 1.98 bits per heavy atom. The molecular weight excluding hydrogens is 677 g/mol. The molecule has 0 spiro atoms. The standard InChI is InChI=1S/C32H18Cl2F6N2O5/c33-31-11-16-13(9-10-14-18(16)28(45)41(27(14)44)12-5-2-1-3-6-12)19(15-7-4-8-17(35)26(15)43)32(31,34)30(47)42(29(31)46)25-23(39)21(37)20(36)22(38)24(25)40/h1-9,14,16,18-19,43H,10-11H2/t14-,16+,18-,19+,31+,32-/m0/s1. The SMILES string of the molecule is O=C1[C@H]2[C@H](CC=C3[C@H]2C[C@@]2(Cl)C(=O)N(c4c(F)c(F)c(F)c(F)c4F)C(=O)[C@@]2(Cl)[C@H]3c2cccc(F)c2O)C(=O)N1c1ccccc1. The molecule has 1 N–H and O–H groups in total. The van der Waals surface area contributed by atoms with Gasteiger partial charge in [0.25, 0.3) is 11.8 Å². The molecule has 2 aliphatic carbocycles. The number of alkyl halides is 2. The fraction of sp³-hybridized carbons (Fsp3) is 0.250. The number of para-hydroxylation sites is 2. The third kappa shape index (κ3) is 3.83. The summed E-state index contributed by atoms with van der Waals surface area (Å²) in [5.74, 6) is -24.7. The maximum Gasteiger partial charge on any atom is 0.258 e. The van der Waals surface area contributed by atoms with Crippen LogP contribution in [0.2, 0.25) is 0 Å². The summed E-state index contributed by atoms with van der Waals surface area (Å²) in [6.07, 6.45) is 0.610. The summed E-state index contributed by atoms with van der Waals surface area (Å²) in [5.41, 5.74) is -2.04. The van der Waals surface area contributed by atoms with Gasteiger partial charge < -0.3 is 5.11 Å². The number of benzene rings is 3. The van der Waals surface area contributed by atoms with Crippen molar-refractivity contribution >= 4 is 58.2 Å². The number of carbonyl (C=O) groups excluding carboxylic acids is 4. The fourth-order valence-electron chi connectivity index (χ4n) is 7.51. The van der Waals surface area contributed by atoms with Gasteiger partial charge in [-0.3, -0.25) is 24.1 Å². The number of phenolic OH excluding ortho intramolecular Hbond substituents is 1. The van der Waals surface area contributed by atoms with Crippen LogP contribution < -0.4 is 9.80 Å². The Morgan fingerprint density at radius 1 is 0.723 bits per heavy atom. The molecule has 0 aromatic heterocycles. The highest BCUT2D eigenvalue weighted by atomic mass is 35.5. The molecule has 0 bridgehead atoms. The van der Waals surface area contributed by atoms with Crippen LogP contribution in [-0.4, -0.2) is 38.5 Å². The topological polar surface area (TPSA) is 95.0 Å². The van der Waals surface area contributed by atoms with Crippen molar-refractivity contribution in [2.45, 2.75) is 28.5 Å². The molecule has 0 unspecified atom stereocenters. The maximum atomic E-state index is 15.1. The van der Waals surface area contributed by atoms with E-state index in [1.165, 1.54) is 18.2 Å². The Bertz CT molecular complexity index is 1970. The lowest BCUT2D eigenvalue weighted by atomic mass is 9.56. The monoisotopic (exact) mass is 694 g/mol. The molecule has 3 aromatic carbocycles. The first-order valence-electron chi connectivity index (χ1n) is 14.1. The molecule has 0 radical (unpaired) electrons. The third-order valence-corrected chi connectivity index (χ3v) is 11.0. The minimum absolute atomic E-state index is 0.0786. The van der Waals surface area contributed by atoms with Gasteiger partial charge in [-0.15, -0.1) is 23.2 Å². The van der Waals surface area contributed by atoms with Crippen LogP contribution in [0.15, 0.2) is 60.2 Å². The molecular formula is C32H18Cl2F6N2O5. The lowest BCUT2D eigenvalue weighted by Gasteiger charge is -2.50. The molecule has 1 saturated carbocycles. The Hall–Kier alpha value is -4.36. The van der Waals surface area contributed by atoms with Crippen LogP contribution in [0, 0.1) is 52.7 Å². The van der Waals surface area contributed by atoms with Gasteiger partial charge in [0.05, 0.1) is 17.5 Å². The summed E-state index contributed by atoms with van der Waals surface area (Å²) in [6, 6.07) is 11.0. The zero-order valence-corrected chi connectivity index (χ0v) is 24.9. The first-order valence-corrected chi connectivity index (χ1v) is 14.8. The van der Waals surface area contributed by atoms with E-state index >= 15 is 8.78 Å². The van der Waals surface area contributed by atoms with Crippen molar-refractivity contribution in [2.24, 2.45) is 17.8 Å². The van der Waals surface area contributed by atoms with Crippen molar-refractivity contribution in [1.82, 2.24) is 0 Å². The molecule has 2 saturated heterocycles. The van der Waals surface area contributed by atoms with Crippen LogP contribution in [-0.2, 0) is 19.2 Å². The van der Waals surface area contributed by atoms with Gasteiger partial charge in [-0.05, 0) is 37.0 Å². The van der Waals surface area contributed by atoms with E-state index in [2.05, 4.69) is 0 Å². The maximum absolute atomic E-state index is 15.1. The summed E-state index contributed by atoms with van der Waals surface area (Å²) in [5, 5.41) is 10.9. The number of allylic oxidation sites excluding steroid dienone is 2. The van der Waals surface area contributed by atoms with Gasteiger partial charge in [-0.2, -0.15) is 0 Å². The van der Waals surface area contributed by atoms with E-state index in [4.69, 9.17) is 23.2 Å². The van der Waals surface area contributed by atoms with Crippen LogP contribution in [0.25, 0.3) is 0 Å². The predicted molar refractivity (Wildman–Crippen MR) is 153 cm³/mol. The van der Waals surface area contributed by atoms with Crippen LogP contribution in [0.1, 0.15) is 24.3 Å². The molecule has 4 aliphatic rings. The van der Waals surface area contributed by atoms with E-state index in [0.29, 0.717) is 0 Å². The van der Waals surface area contributed by atoms with Crippen LogP contribution in [0.4, 0.5) is 37.7 Å². The number of fused-ring (bicyclic) bond motifs is 4. The van der Waals surface area contributed by atoms with E-state index in [1.807, 2.05) is 0 Å². The largest absolute Gasteiger partial charge is 0.505 e. The molecule has 6 atom stereocenters. The van der Waals surface area contributed by atoms with E-state index in [1.54, 1.807) is 18.2 Å². The van der Waals surface area contributed by atoms with Crippen molar-refractivity contribution in [3.8, 4) is 5.75 Å². The zero-order chi connectivity index (χ0) is 33.9. The number of anilines is 2. The number of amides is 4. The number of hydrogen-bond acceptors (Lipinski definition) is 5. The molecule has 2 heterocycles. The van der Waals surface area contributed by atoms with Crippen molar-refractivity contribution in [2.75, 3.05) is 9.80 Å². The number of hydrogen-bond donors (Lipinski definition) is 1. The molecule has 4 amide bonds. The van der Waals surface area contributed by atoms with E-state index in [9.17, 15) is 41.8 Å². The van der Waals surface area contributed by atoms with E-state index in [-0.39, 0.29) is 22.6 Å². The van der Waals surface area contributed by atoms with Gasteiger partial charge in [-0.1, -0.05) is 42.0 Å². The van der Waals surface area contributed by atoms with Crippen LogP contribution in [0.5, 0.6) is 5.75 Å². The summed E-state index contributed by atoms with van der Waals surface area (Å²) in [7, 11) is 0. The van der Waals surface area contributed by atoms with E-state index < -0.39 is 115 Å². The van der Waals surface area contributed by atoms with Gasteiger partial charge >= 0.3 is 0 Å².